The van der Waals surface area contributed by atoms with E-state index in [9.17, 15) is 9.18 Å². The van der Waals surface area contributed by atoms with Gasteiger partial charge in [-0.2, -0.15) is 9.61 Å². The van der Waals surface area contributed by atoms with Crippen molar-refractivity contribution in [2.45, 2.75) is 32.7 Å². The number of anilines is 2. The summed E-state index contributed by atoms with van der Waals surface area (Å²) >= 11 is 0. The van der Waals surface area contributed by atoms with Gasteiger partial charge < -0.3 is 15.1 Å². The summed E-state index contributed by atoms with van der Waals surface area (Å²) in [5, 5.41) is 8.84. The molecule has 6 rings (SSSR count). The zero-order valence-corrected chi connectivity index (χ0v) is 19.9. The van der Waals surface area contributed by atoms with Gasteiger partial charge in [0.05, 0.1) is 17.8 Å². The second-order valence-corrected chi connectivity index (χ2v) is 9.53. The second kappa shape index (κ2) is 8.48. The smallest absolute Gasteiger partial charge is 0.225 e. The summed E-state index contributed by atoms with van der Waals surface area (Å²) in [4.78, 5) is 26.1. The van der Waals surface area contributed by atoms with E-state index in [4.69, 9.17) is 4.98 Å². The van der Waals surface area contributed by atoms with Crippen molar-refractivity contribution in [2.75, 3.05) is 36.4 Å². The van der Waals surface area contributed by atoms with Crippen molar-refractivity contribution >= 4 is 34.1 Å². The lowest BCUT2D eigenvalue weighted by atomic mass is 10.0. The summed E-state index contributed by atoms with van der Waals surface area (Å²) in [5.74, 6) is 1.91. The highest BCUT2D eigenvalue weighted by molar-refractivity contribution is 5.85. The highest BCUT2D eigenvalue weighted by Crippen LogP contribution is 2.34. The average molecular weight is 474 g/mol. The largest absolute Gasteiger partial charge is 0.363 e. The van der Waals surface area contributed by atoms with Crippen LogP contribution in [0, 0.1) is 18.7 Å². The van der Waals surface area contributed by atoms with Gasteiger partial charge in [0, 0.05) is 60.9 Å². The van der Waals surface area contributed by atoms with E-state index in [0.29, 0.717) is 37.3 Å². The fraction of sp³-hybridized carbons (Fsp3) is 0.385. The zero-order chi connectivity index (χ0) is 24.1. The van der Waals surface area contributed by atoms with Crippen LogP contribution in [0.2, 0.25) is 0 Å². The maximum absolute atomic E-state index is 14.4. The molecule has 4 heterocycles. The molecule has 0 radical (unpaired) electrons. The van der Waals surface area contributed by atoms with Gasteiger partial charge in [-0.05, 0) is 51.0 Å². The Bertz CT molecular complexity index is 1420. The molecule has 9 heteroatoms. The lowest BCUT2D eigenvalue weighted by Crippen LogP contribution is -2.49. The van der Waals surface area contributed by atoms with E-state index in [-0.39, 0.29) is 23.7 Å². The second-order valence-electron chi connectivity index (χ2n) is 9.53. The zero-order valence-electron chi connectivity index (χ0n) is 19.9. The number of nitrogens with zero attached hydrogens (tertiary/aromatic N) is 6. The summed E-state index contributed by atoms with van der Waals surface area (Å²) in [7, 11) is 0. The summed E-state index contributed by atoms with van der Waals surface area (Å²) in [6, 6.07) is 9.04. The van der Waals surface area contributed by atoms with Crippen molar-refractivity contribution in [1.82, 2.24) is 24.5 Å². The average Bonchev–Trinajstić information content (AvgIpc) is 3.62. The van der Waals surface area contributed by atoms with E-state index >= 15 is 0 Å². The van der Waals surface area contributed by atoms with Gasteiger partial charge in [-0.25, -0.2) is 14.4 Å². The van der Waals surface area contributed by atoms with Crippen molar-refractivity contribution in [1.29, 1.82) is 0 Å². The molecule has 1 aromatic carbocycles. The number of benzene rings is 1. The van der Waals surface area contributed by atoms with Crippen LogP contribution in [0.4, 0.5) is 16.0 Å². The van der Waals surface area contributed by atoms with E-state index in [0.717, 1.165) is 41.1 Å². The summed E-state index contributed by atoms with van der Waals surface area (Å²) < 4.78 is 16.2. The molecule has 0 unspecified atom stereocenters. The number of fused-ring (bicyclic) bond motifs is 2. The van der Waals surface area contributed by atoms with Crippen LogP contribution in [-0.2, 0) is 4.79 Å². The van der Waals surface area contributed by atoms with Crippen LogP contribution in [0.25, 0.3) is 16.6 Å². The Labute approximate surface area is 202 Å². The third kappa shape index (κ3) is 3.94. The van der Waals surface area contributed by atoms with Gasteiger partial charge >= 0.3 is 0 Å². The highest BCUT2D eigenvalue weighted by atomic mass is 19.1. The molecule has 0 spiro atoms. The molecule has 1 saturated carbocycles. The Morgan fingerprint density at radius 2 is 1.91 bits per heavy atom. The molecule has 1 saturated heterocycles. The van der Waals surface area contributed by atoms with Crippen LogP contribution in [0.5, 0.6) is 0 Å². The molecule has 1 atom stereocenters. The number of pyridine rings is 1. The number of carbonyl (C=O) groups excluding carboxylic acids is 1. The van der Waals surface area contributed by atoms with Crippen LogP contribution in [0.15, 0.2) is 42.7 Å². The molecule has 1 amide bonds. The van der Waals surface area contributed by atoms with Crippen molar-refractivity contribution in [2.24, 2.45) is 5.92 Å². The molecular weight excluding hydrogens is 445 g/mol. The van der Waals surface area contributed by atoms with E-state index in [1.165, 1.54) is 6.07 Å². The number of hydrogen-bond acceptors (Lipinski definition) is 6. The van der Waals surface area contributed by atoms with Gasteiger partial charge in [0.1, 0.15) is 17.5 Å². The van der Waals surface area contributed by atoms with Crippen LogP contribution >= 0.6 is 0 Å². The number of amides is 1. The molecule has 2 fully saturated rings. The molecule has 180 valence electrons. The molecule has 1 aliphatic carbocycles. The summed E-state index contributed by atoms with van der Waals surface area (Å²) in [6.45, 7) is 6.61. The number of aryl methyl sites for hydroxylation is 1. The Balaban J connectivity index is 1.36. The summed E-state index contributed by atoms with van der Waals surface area (Å²) in [6.07, 6.45) is 5.51. The first-order valence-corrected chi connectivity index (χ1v) is 12.2. The van der Waals surface area contributed by atoms with Gasteiger partial charge in [-0.15, -0.1) is 0 Å². The van der Waals surface area contributed by atoms with E-state index in [1.807, 2.05) is 17.0 Å². The molecule has 8 nitrogen and oxygen atoms in total. The molecule has 35 heavy (non-hydrogen) atoms. The number of aromatic nitrogens is 4. The maximum atomic E-state index is 14.4. The van der Waals surface area contributed by atoms with E-state index < -0.39 is 0 Å². The first-order valence-electron chi connectivity index (χ1n) is 12.2. The van der Waals surface area contributed by atoms with Crippen molar-refractivity contribution < 1.29 is 9.18 Å². The van der Waals surface area contributed by atoms with Gasteiger partial charge in [-0.3, -0.25) is 4.79 Å². The minimum atomic E-state index is -0.257. The highest BCUT2D eigenvalue weighted by Gasteiger charge is 2.35. The molecule has 1 aliphatic heterocycles. The predicted octanol–water partition coefficient (Wildman–Crippen LogP) is 3.96. The van der Waals surface area contributed by atoms with Crippen LogP contribution < -0.4 is 10.2 Å². The van der Waals surface area contributed by atoms with Crippen molar-refractivity contribution in [3.05, 3.63) is 59.7 Å². The number of piperazine rings is 1. The molecular formula is C26H28FN7O. The number of carbonyl (C=O) groups is 1. The minimum Gasteiger partial charge on any atom is -0.363 e. The normalized spacial score (nSPS) is 17.2. The quantitative estimate of drug-likeness (QED) is 0.473. The number of hydrogen-bond donors (Lipinski definition) is 1. The molecule has 0 bridgehead atoms. The number of halogens is 1. The number of nitrogens with one attached hydrogen (secondary N) is 1. The maximum Gasteiger partial charge on any atom is 0.225 e. The SMILES string of the molecule is Cc1c(F)ccc2cc([C@H](C)Nc3ccnc4ccnn34)c(N3CCN(C(=O)C4CC4)CC3)nc12. The lowest BCUT2D eigenvalue weighted by Gasteiger charge is -2.37. The predicted molar refractivity (Wildman–Crippen MR) is 133 cm³/mol. The topological polar surface area (TPSA) is 78.7 Å². The minimum absolute atomic E-state index is 0.104. The van der Waals surface area contributed by atoms with Crippen LogP contribution in [0.3, 0.4) is 0 Å². The Morgan fingerprint density at radius 3 is 2.69 bits per heavy atom. The van der Waals surface area contributed by atoms with Gasteiger partial charge in [0.15, 0.2) is 5.65 Å². The summed E-state index contributed by atoms with van der Waals surface area (Å²) in [5.41, 5.74) is 3.00. The Kier molecular flexibility index (Phi) is 5.27. The fourth-order valence-corrected chi connectivity index (χ4v) is 4.91. The molecule has 4 aromatic rings. The van der Waals surface area contributed by atoms with Gasteiger partial charge in [0.25, 0.3) is 0 Å². The third-order valence-electron chi connectivity index (χ3n) is 7.12. The first kappa shape index (κ1) is 21.8. The first-order chi connectivity index (χ1) is 17.0. The molecule has 3 aromatic heterocycles. The number of rotatable bonds is 5. The standard InChI is InChI=1S/C26H28FN7O/c1-16-21(27)6-5-19-15-20(17(2)30-23-7-9-28-22-8-10-29-34(22)23)25(31-24(16)19)32-11-13-33(14-12-32)26(35)18-3-4-18/h5-10,15,17-18,30H,3-4,11-14H2,1-2H3/t17-/m0/s1. The van der Waals surface area contributed by atoms with Crippen LogP contribution in [0.1, 0.15) is 36.9 Å². The van der Waals surface area contributed by atoms with Gasteiger partial charge in [0.2, 0.25) is 5.91 Å². The Morgan fingerprint density at radius 1 is 1.11 bits per heavy atom. The van der Waals surface area contributed by atoms with Crippen LogP contribution in [-0.4, -0.2) is 56.6 Å². The van der Waals surface area contributed by atoms with E-state index in [2.05, 4.69) is 33.3 Å². The molecule has 2 aliphatic rings. The monoisotopic (exact) mass is 473 g/mol. The lowest BCUT2D eigenvalue weighted by molar-refractivity contribution is -0.132. The van der Waals surface area contributed by atoms with Crippen molar-refractivity contribution in [3.8, 4) is 0 Å². The van der Waals surface area contributed by atoms with Crippen molar-refractivity contribution in [3.63, 3.8) is 0 Å². The third-order valence-corrected chi connectivity index (χ3v) is 7.12. The van der Waals surface area contributed by atoms with Gasteiger partial charge in [-0.1, -0.05) is 0 Å². The fourth-order valence-electron chi connectivity index (χ4n) is 4.91. The Hall–Kier alpha value is -3.75. The molecule has 1 N–H and O–H groups in total. The van der Waals surface area contributed by atoms with E-state index in [1.54, 1.807) is 29.9 Å².